The molecule has 1 N–H and O–H groups in total. The van der Waals surface area contributed by atoms with Gasteiger partial charge in [-0.3, -0.25) is 0 Å². The molecule has 0 bridgehead atoms. The van der Waals surface area contributed by atoms with E-state index in [1.165, 1.54) is 11.3 Å². The summed E-state index contributed by atoms with van der Waals surface area (Å²) in [4.78, 5) is 1.15. The van der Waals surface area contributed by atoms with E-state index in [-0.39, 0.29) is 0 Å². The van der Waals surface area contributed by atoms with E-state index < -0.39 is 5.60 Å². The maximum atomic E-state index is 9.75. The summed E-state index contributed by atoms with van der Waals surface area (Å²) in [5, 5.41) is 9.75. The molecule has 1 aromatic heterocycles. The summed E-state index contributed by atoms with van der Waals surface area (Å²) in [5.41, 5.74) is -0.589. The minimum atomic E-state index is -0.589. The molecule has 0 aliphatic rings. The second-order valence-corrected chi connectivity index (χ2v) is 5.03. The van der Waals surface area contributed by atoms with Crippen LogP contribution in [0.4, 0.5) is 0 Å². The van der Waals surface area contributed by atoms with Crippen LogP contribution in [-0.2, 0) is 6.42 Å². The second kappa shape index (κ2) is 3.77. The summed E-state index contributed by atoms with van der Waals surface area (Å²) in [6.07, 6.45) is 1.46. The molecule has 0 aliphatic carbocycles. The number of thiophene rings is 1. The normalized spacial score (nSPS) is 16.0. The van der Waals surface area contributed by atoms with Crippen molar-refractivity contribution >= 4 is 22.9 Å². The highest BCUT2D eigenvalue weighted by Crippen LogP contribution is 2.26. The van der Waals surface area contributed by atoms with Crippen LogP contribution >= 0.6 is 22.9 Å². The largest absolute Gasteiger partial charge is 0.390 e. The molecule has 1 nitrogen and oxygen atoms in total. The summed E-state index contributed by atoms with van der Waals surface area (Å²) in [6.45, 7) is 3.83. The third kappa shape index (κ3) is 2.77. The summed E-state index contributed by atoms with van der Waals surface area (Å²) in [5.74, 6) is 0. The van der Waals surface area contributed by atoms with Crippen LogP contribution in [-0.4, -0.2) is 10.7 Å². The van der Waals surface area contributed by atoms with Crippen molar-refractivity contribution in [1.82, 2.24) is 0 Å². The quantitative estimate of drug-likeness (QED) is 0.803. The predicted octanol–water partition coefficient (Wildman–Crippen LogP) is 3.11. The summed E-state index contributed by atoms with van der Waals surface area (Å²) < 4.78 is 0.789. The van der Waals surface area contributed by atoms with E-state index in [0.717, 1.165) is 15.6 Å². The Kier molecular flexibility index (Phi) is 3.16. The predicted molar refractivity (Wildman–Crippen MR) is 53.9 cm³/mol. The first kappa shape index (κ1) is 10.0. The van der Waals surface area contributed by atoms with Crippen molar-refractivity contribution in [3.63, 3.8) is 0 Å². The van der Waals surface area contributed by atoms with Crippen LogP contribution in [0.3, 0.4) is 0 Å². The minimum Gasteiger partial charge on any atom is -0.390 e. The van der Waals surface area contributed by atoms with Crippen molar-refractivity contribution in [3.8, 4) is 0 Å². The van der Waals surface area contributed by atoms with Crippen LogP contribution in [0.5, 0.6) is 0 Å². The van der Waals surface area contributed by atoms with E-state index in [2.05, 4.69) is 0 Å². The van der Waals surface area contributed by atoms with Gasteiger partial charge in [-0.05, 0) is 25.5 Å². The number of hydrogen-bond acceptors (Lipinski definition) is 2. The molecule has 12 heavy (non-hydrogen) atoms. The fourth-order valence-corrected chi connectivity index (χ4v) is 2.21. The first-order valence-corrected chi connectivity index (χ1v) is 5.19. The van der Waals surface area contributed by atoms with Crippen LogP contribution < -0.4 is 0 Å². The van der Waals surface area contributed by atoms with Crippen molar-refractivity contribution in [2.24, 2.45) is 0 Å². The zero-order chi connectivity index (χ0) is 9.19. The van der Waals surface area contributed by atoms with Crippen LogP contribution in [0.15, 0.2) is 12.1 Å². The van der Waals surface area contributed by atoms with Gasteiger partial charge in [-0.15, -0.1) is 11.3 Å². The van der Waals surface area contributed by atoms with E-state index in [1.807, 2.05) is 26.0 Å². The maximum Gasteiger partial charge on any atom is 0.0931 e. The Balaban J connectivity index is 2.63. The molecule has 1 rings (SSSR count). The molecule has 0 spiro atoms. The van der Waals surface area contributed by atoms with Crippen LogP contribution in [0.1, 0.15) is 25.1 Å². The first-order chi connectivity index (χ1) is 5.53. The molecule has 0 aliphatic heterocycles. The van der Waals surface area contributed by atoms with Gasteiger partial charge in [0.2, 0.25) is 0 Å². The van der Waals surface area contributed by atoms with Gasteiger partial charge in [0.25, 0.3) is 0 Å². The molecule has 0 saturated heterocycles. The smallest absolute Gasteiger partial charge is 0.0931 e. The molecule has 1 atom stereocenters. The van der Waals surface area contributed by atoms with Crippen LogP contribution in [0, 0.1) is 0 Å². The zero-order valence-electron chi connectivity index (χ0n) is 7.30. The van der Waals surface area contributed by atoms with Gasteiger partial charge < -0.3 is 5.11 Å². The second-order valence-electron chi connectivity index (χ2n) is 3.23. The summed E-state index contributed by atoms with van der Waals surface area (Å²) >= 11 is 7.30. The molecule has 0 radical (unpaired) electrons. The summed E-state index contributed by atoms with van der Waals surface area (Å²) in [6, 6.07) is 3.84. The molecule has 0 saturated carbocycles. The standard InChI is InChI=1S/C9H13ClOS/c1-3-9(2,11)6-7-4-5-8(10)12-7/h4-5,11H,3,6H2,1-2H3. The number of rotatable bonds is 3. The Morgan fingerprint density at radius 3 is 2.67 bits per heavy atom. The van der Waals surface area contributed by atoms with E-state index in [9.17, 15) is 5.11 Å². The highest BCUT2D eigenvalue weighted by molar-refractivity contribution is 7.16. The molecular formula is C9H13ClOS. The molecule has 0 aromatic carbocycles. The van der Waals surface area contributed by atoms with E-state index in [0.29, 0.717) is 6.42 Å². The lowest BCUT2D eigenvalue weighted by Gasteiger charge is -2.19. The van der Waals surface area contributed by atoms with Gasteiger partial charge in [0.15, 0.2) is 0 Å². The minimum absolute atomic E-state index is 0.589. The van der Waals surface area contributed by atoms with Crippen molar-refractivity contribution in [2.75, 3.05) is 0 Å². The van der Waals surface area contributed by atoms with Gasteiger partial charge in [0.1, 0.15) is 0 Å². The van der Waals surface area contributed by atoms with Crippen molar-refractivity contribution in [3.05, 3.63) is 21.3 Å². The van der Waals surface area contributed by atoms with Crippen molar-refractivity contribution in [2.45, 2.75) is 32.3 Å². The van der Waals surface area contributed by atoms with Gasteiger partial charge in [-0.1, -0.05) is 18.5 Å². The number of halogens is 1. The van der Waals surface area contributed by atoms with Crippen molar-refractivity contribution in [1.29, 1.82) is 0 Å². The van der Waals surface area contributed by atoms with Crippen LogP contribution in [0.2, 0.25) is 4.34 Å². The third-order valence-corrected chi connectivity index (χ3v) is 3.18. The van der Waals surface area contributed by atoms with E-state index in [4.69, 9.17) is 11.6 Å². The Labute approximate surface area is 82.0 Å². The fraction of sp³-hybridized carbons (Fsp3) is 0.556. The summed E-state index contributed by atoms with van der Waals surface area (Å²) in [7, 11) is 0. The SMILES string of the molecule is CCC(C)(O)Cc1ccc(Cl)s1. The monoisotopic (exact) mass is 204 g/mol. The average molecular weight is 205 g/mol. The molecule has 0 amide bonds. The van der Waals surface area contributed by atoms with Gasteiger partial charge >= 0.3 is 0 Å². The van der Waals surface area contributed by atoms with Gasteiger partial charge in [-0.25, -0.2) is 0 Å². The van der Waals surface area contributed by atoms with E-state index in [1.54, 1.807) is 0 Å². The zero-order valence-corrected chi connectivity index (χ0v) is 8.87. The Bertz CT molecular complexity index is 255. The highest BCUT2D eigenvalue weighted by Gasteiger charge is 2.18. The Hall–Kier alpha value is -0.0500. The van der Waals surface area contributed by atoms with Crippen LogP contribution in [0.25, 0.3) is 0 Å². The molecular weight excluding hydrogens is 192 g/mol. The van der Waals surface area contributed by atoms with Gasteiger partial charge in [0.05, 0.1) is 9.94 Å². The first-order valence-electron chi connectivity index (χ1n) is 4.00. The lowest BCUT2D eigenvalue weighted by Crippen LogP contribution is -2.25. The molecule has 1 aromatic rings. The fourth-order valence-electron chi connectivity index (χ4n) is 0.947. The molecule has 1 heterocycles. The van der Waals surface area contributed by atoms with E-state index >= 15 is 0 Å². The lowest BCUT2D eigenvalue weighted by atomic mass is 9.99. The number of hydrogen-bond donors (Lipinski definition) is 1. The topological polar surface area (TPSA) is 20.2 Å². The van der Waals surface area contributed by atoms with Gasteiger partial charge in [0, 0.05) is 11.3 Å². The molecule has 68 valence electrons. The van der Waals surface area contributed by atoms with Crippen molar-refractivity contribution < 1.29 is 5.11 Å². The molecule has 3 heteroatoms. The molecule has 0 fully saturated rings. The van der Waals surface area contributed by atoms with Gasteiger partial charge in [-0.2, -0.15) is 0 Å². The Morgan fingerprint density at radius 1 is 1.58 bits per heavy atom. The average Bonchev–Trinajstić information content (AvgIpc) is 2.35. The Morgan fingerprint density at radius 2 is 2.25 bits per heavy atom. The highest BCUT2D eigenvalue weighted by atomic mass is 35.5. The lowest BCUT2D eigenvalue weighted by molar-refractivity contribution is 0.0573. The molecule has 1 unspecified atom stereocenters. The number of aliphatic hydroxyl groups is 1. The maximum absolute atomic E-state index is 9.75. The third-order valence-electron chi connectivity index (χ3n) is 1.95.